The lowest BCUT2D eigenvalue weighted by Crippen LogP contribution is -2.19. The number of halogens is 3. The van der Waals surface area contributed by atoms with Gasteiger partial charge in [0.1, 0.15) is 5.82 Å². The molecule has 0 saturated carbocycles. The van der Waals surface area contributed by atoms with E-state index in [-0.39, 0.29) is 5.88 Å². The van der Waals surface area contributed by atoms with Crippen LogP contribution in [0.25, 0.3) is 0 Å². The molecule has 0 unspecified atom stereocenters. The highest BCUT2D eigenvalue weighted by atomic mass is 19.4. The van der Waals surface area contributed by atoms with Gasteiger partial charge in [-0.25, -0.2) is 0 Å². The van der Waals surface area contributed by atoms with E-state index in [1.165, 1.54) is 6.20 Å². The molecule has 6 nitrogen and oxygen atoms in total. The molecule has 0 aliphatic rings. The molecule has 0 aromatic carbocycles. The molecule has 0 aliphatic carbocycles. The van der Waals surface area contributed by atoms with E-state index in [2.05, 4.69) is 25.1 Å². The Bertz CT molecular complexity index is 569. The average Bonchev–Trinajstić information content (AvgIpc) is 2.80. The third-order valence-corrected chi connectivity index (χ3v) is 2.23. The van der Waals surface area contributed by atoms with Gasteiger partial charge >= 0.3 is 6.18 Å². The van der Waals surface area contributed by atoms with Crippen LogP contribution in [0.1, 0.15) is 5.56 Å². The standard InChI is InChI=1S/C11H12F3N5O/c1-19-6-8(3-17-19)2-16-9-4-15-5-10(18-9)20-7-11(12,13)14/h3-6H,2,7H2,1H3,(H,16,18). The van der Waals surface area contributed by atoms with Crippen molar-refractivity contribution in [1.29, 1.82) is 0 Å². The molecule has 0 saturated heterocycles. The summed E-state index contributed by atoms with van der Waals surface area (Å²) in [7, 11) is 1.79. The largest absolute Gasteiger partial charge is 0.467 e. The van der Waals surface area contributed by atoms with Crippen molar-refractivity contribution < 1.29 is 17.9 Å². The van der Waals surface area contributed by atoms with Crippen LogP contribution in [0.4, 0.5) is 19.0 Å². The SMILES string of the molecule is Cn1cc(CNc2cncc(OCC(F)(F)F)n2)cn1. The molecule has 108 valence electrons. The second-order valence-corrected chi connectivity index (χ2v) is 4.02. The fourth-order valence-electron chi connectivity index (χ4n) is 1.41. The van der Waals surface area contributed by atoms with Gasteiger partial charge in [0.2, 0.25) is 5.88 Å². The van der Waals surface area contributed by atoms with Crippen molar-refractivity contribution in [2.24, 2.45) is 7.05 Å². The third-order valence-electron chi connectivity index (χ3n) is 2.23. The van der Waals surface area contributed by atoms with Crippen molar-refractivity contribution in [1.82, 2.24) is 19.7 Å². The molecule has 1 N–H and O–H groups in total. The van der Waals surface area contributed by atoms with Gasteiger partial charge in [0.05, 0.1) is 18.6 Å². The Morgan fingerprint density at radius 2 is 2.10 bits per heavy atom. The maximum absolute atomic E-state index is 12.0. The van der Waals surface area contributed by atoms with Crippen molar-refractivity contribution in [2.75, 3.05) is 11.9 Å². The van der Waals surface area contributed by atoms with Crippen molar-refractivity contribution in [3.63, 3.8) is 0 Å². The lowest BCUT2D eigenvalue weighted by atomic mass is 10.3. The molecule has 0 radical (unpaired) electrons. The molecule has 9 heteroatoms. The van der Waals surface area contributed by atoms with Crippen LogP contribution < -0.4 is 10.1 Å². The molecule has 0 aliphatic heterocycles. The first-order chi connectivity index (χ1) is 9.42. The molecule has 0 amide bonds. The zero-order valence-corrected chi connectivity index (χ0v) is 10.6. The summed E-state index contributed by atoms with van der Waals surface area (Å²) >= 11 is 0. The minimum atomic E-state index is -4.40. The minimum Gasteiger partial charge on any atom is -0.467 e. The van der Waals surface area contributed by atoms with Gasteiger partial charge in [0.25, 0.3) is 0 Å². The van der Waals surface area contributed by atoms with Crippen LogP contribution >= 0.6 is 0 Å². The maximum Gasteiger partial charge on any atom is 0.422 e. The number of nitrogens with one attached hydrogen (secondary N) is 1. The molecular formula is C11H12F3N5O. The first kappa shape index (κ1) is 14.1. The van der Waals surface area contributed by atoms with E-state index in [0.717, 1.165) is 11.8 Å². The summed E-state index contributed by atoms with van der Waals surface area (Å²) in [6.07, 6.45) is 1.60. The van der Waals surface area contributed by atoms with Crippen LogP contribution in [-0.2, 0) is 13.6 Å². The number of aryl methyl sites for hydroxylation is 1. The molecule has 2 aromatic heterocycles. The average molecular weight is 287 g/mol. The van der Waals surface area contributed by atoms with Gasteiger partial charge in [0.15, 0.2) is 6.61 Å². The summed E-state index contributed by atoms with van der Waals surface area (Å²) in [5.41, 5.74) is 0.913. The predicted molar refractivity (Wildman–Crippen MR) is 64.1 cm³/mol. The Hall–Kier alpha value is -2.32. The van der Waals surface area contributed by atoms with E-state index in [9.17, 15) is 13.2 Å². The summed E-state index contributed by atoms with van der Waals surface area (Å²) in [5.74, 6) is 0.145. The minimum absolute atomic E-state index is 0.182. The van der Waals surface area contributed by atoms with E-state index in [0.29, 0.717) is 12.4 Å². The summed E-state index contributed by atoms with van der Waals surface area (Å²) in [6, 6.07) is 0. The van der Waals surface area contributed by atoms with Crippen molar-refractivity contribution in [2.45, 2.75) is 12.7 Å². The second kappa shape index (κ2) is 5.76. The molecule has 0 bridgehead atoms. The van der Waals surface area contributed by atoms with Gasteiger partial charge in [-0.2, -0.15) is 23.3 Å². The highest BCUT2D eigenvalue weighted by molar-refractivity contribution is 5.34. The van der Waals surface area contributed by atoms with Crippen molar-refractivity contribution in [3.05, 3.63) is 30.4 Å². The molecule has 0 fully saturated rings. The monoisotopic (exact) mass is 287 g/mol. The highest BCUT2D eigenvalue weighted by Gasteiger charge is 2.28. The first-order valence-electron chi connectivity index (χ1n) is 5.65. The van der Waals surface area contributed by atoms with Gasteiger partial charge in [-0.05, 0) is 0 Å². The molecule has 0 spiro atoms. The van der Waals surface area contributed by atoms with Crippen LogP contribution in [0.2, 0.25) is 0 Å². The number of rotatable bonds is 5. The second-order valence-electron chi connectivity index (χ2n) is 4.02. The number of aromatic nitrogens is 4. The van der Waals surface area contributed by atoms with E-state index >= 15 is 0 Å². The van der Waals surface area contributed by atoms with Crippen LogP contribution in [-0.4, -0.2) is 32.5 Å². The normalized spacial score (nSPS) is 11.4. The summed E-state index contributed by atoms with van der Waals surface area (Å²) < 4.78 is 42.2. The Morgan fingerprint density at radius 3 is 2.75 bits per heavy atom. The number of hydrogen-bond donors (Lipinski definition) is 1. The van der Waals surface area contributed by atoms with Gasteiger partial charge in [-0.1, -0.05) is 0 Å². The molecular weight excluding hydrogens is 275 g/mol. The molecule has 2 heterocycles. The van der Waals surface area contributed by atoms with Crippen LogP contribution in [0.3, 0.4) is 0 Å². The Balaban J connectivity index is 1.92. The molecule has 0 atom stereocenters. The van der Waals surface area contributed by atoms with Crippen LogP contribution in [0.15, 0.2) is 24.8 Å². The van der Waals surface area contributed by atoms with E-state index in [1.807, 2.05) is 6.20 Å². The van der Waals surface area contributed by atoms with Gasteiger partial charge in [-0.3, -0.25) is 9.67 Å². The van der Waals surface area contributed by atoms with Crippen LogP contribution in [0, 0.1) is 0 Å². The first-order valence-corrected chi connectivity index (χ1v) is 5.65. The van der Waals surface area contributed by atoms with Gasteiger partial charge in [0, 0.05) is 25.4 Å². The number of hydrogen-bond acceptors (Lipinski definition) is 5. The quantitative estimate of drug-likeness (QED) is 0.907. The van der Waals surface area contributed by atoms with E-state index in [1.54, 1.807) is 17.9 Å². The van der Waals surface area contributed by atoms with Gasteiger partial charge < -0.3 is 10.1 Å². The third kappa shape index (κ3) is 4.41. The maximum atomic E-state index is 12.0. The summed E-state index contributed by atoms with van der Waals surface area (Å²) in [6.45, 7) is -0.959. The van der Waals surface area contributed by atoms with E-state index in [4.69, 9.17) is 0 Å². The smallest absolute Gasteiger partial charge is 0.422 e. The van der Waals surface area contributed by atoms with E-state index < -0.39 is 12.8 Å². The highest BCUT2D eigenvalue weighted by Crippen LogP contribution is 2.17. The number of ether oxygens (including phenoxy) is 1. The van der Waals surface area contributed by atoms with Crippen molar-refractivity contribution in [3.8, 4) is 5.88 Å². The molecule has 20 heavy (non-hydrogen) atoms. The summed E-state index contributed by atoms with van der Waals surface area (Å²) in [5, 5.41) is 6.92. The fourth-order valence-corrected chi connectivity index (χ4v) is 1.41. The molecule has 2 rings (SSSR count). The van der Waals surface area contributed by atoms with Crippen molar-refractivity contribution >= 4 is 5.82 Å². The number of anilines is 1. The zero-order chi connectivity index (χ0) is 14.6. The summed E-state index contributed by atoms with van der Waals surface area (Å²) in [4.78, 5) is 7.64. The number of alkyl halides is 3. The van der Waals surface area contributed by atoms with Gasteiger partial charge in [-0.15, -0.1) is 0 Å². The predicted octanol–water partition coefficient (Wildman–Crippen LogP) is 1.76. The fraction of sp³-hybridized carbons (Fsp3) is 0.364. The zero-order valence-electron chi connectivity index (χ0n) is 10.6. The number of nitrogens with zero attached hydrogens (tertiary/aromatic N) is 4. The lowest BCUT2D eigenvalue weighted by Gasteiger charge is -2.09. The lowest BCUT2D eigenvalue weighted by molar-refractivity contribution is -0.154. The Morgan fingerprint density at radius 1 is 1.30 bits per heavy atom. The topological polar surface area (TPSA) is 64.9 Å². The Labute approximate surface area is 112 Å². The van der Waals surface area contributed by atoms with Crippen LogP contribution in [0.5, 0.6) is 5.88 Å². The Kier molecular flexibility index (Phi) is 4.06. The molecule has 2 aromatic rings.